The van der Waals surface area contributed by atoms with E-state index >= 15 is 0 Å². The van der Waals surface area contributed by atoms with Gasteiger partial charge in [0.25, 0.3) is 5.91 Å². The fourth-order valence-electron chi connectivity index (χ4n) is 2.67. The molecule has 0 fully saturated rings. The Morgan fingerprint density at radius 2 is 1.96 bits per heavy atom. The summed E-state index contributed by atoms with van der Waals surface area (Å²) in [6, 6.07) is 1.75. The SMILES string of the molecule is Cc1[nH]c(C(=O)Nc2ccnn2CC(C)C)c(C)c1C(=O)OC(C)C. The third-order valence-electron chi connectivity index (χ3n) is 3.71. The van der Waals surface area contributed by atoms with Gasteiger partial charge in [-0.15, -0.1) is 0 Å². The lowest BCUT2D eigenvalue weighted by atomic mass is 10.1. The zero-order valence-electron chi connectivity index (χ0n) is 15.6. The first kappa shape index (κ1) is 18.8. The molecule has 25 heavy (non-hydrogen) atoms. The lowest BCUT2D eigenvalue weighted by molar-refractivity contribution is 0.0376. The number of carbonyl (C=O) groups is 2. The van der Waals surface area contributed by atoms with Crippen LogP contribution in [0.25, 0.3) is 0 Å². The first-order valence-electron chi connectivity index (χ1n) is 8.44. The van der Waals surface area contributed by atoms with E-state index in [2.05, 4.69) is 29.2 Å². The minimum Gasteiger partial charge on any atom is -0.459 e. The smallest absolute Gasteiger partial charge is 0.340 e. The predicted molar refractivity (Wildman–Crippen MR) is 95.8 cm³/mol. The van der Waals surface area contributed by atoms with E-state index in [0.717, 1.165) is 0 Å². The van der Waals surface area contributed by atoms with E-state index in [-0.39, 0.29) is 12.0 Å². The van der Waals surface area contributed by atoms with Crippen LogP contribution in [-0.4, -0.2) is 32.7 Å². The number of H-pyrrole nitrogens is 1. The minimum atomic E-state index is -0.426. The van der Waals surface area contributed by atoms with Crippen LogP contribution < -0.4 is 5.32 Å². The molecular formula is C18H26N4O3. The fourth-order valence-corrected chi connectivity index (χ4v) is 2.67. The summed E-state index contributed by atoms with van der Waals surface area (Å²) in [7, 11) is 0. The van der Waals surface area contributed by atoms with Gasteiger partial charge in [-0.3, -0.25) is 4.79 Å². The molecule has 0 atom stereocenters. The molecular weight excluding hydrogens is 320 g/mol. The van der Waals surface area contributed by atoms with Crippen LogP contribution in [0.1, 0.15) is 59.8 Å². The number of aryl methyl sites for hydroxylation is 1. The van der Waals surface area contributed by atoms with Gasteiger partial charge < -0.3 is 15.0 Å². The molecule has 0 saturated heterocycles. The summed E-state index contributed by atoms with van der Waals surface area (Å²) in [5.74, 6) is 0.291. The maximum Gasteiger partial charge on any atom is 0.340 e. The molecule has 2 N–H and O–H groups in total. The second-order valence-electron chi connectivity index (χ2n) is 6.83. The molecule has 0 unspecified atom stereocenters. The number of hydrogen-bond acceptors (Lipinski definition) is 4. The van der Waals surface area contributed by atoms with Crippen molar-refractivity contribution in [2.75, 3.05) is 5.32 Å². The monoisotopic (exact) mass is 346 g/mol. The summed E-state index contributed by atoms with van der Waals surface area (Å²) in [5.41, 5.74) is 1.96. The predicted octanol–water partition coefficient (Wildman–Crippen LogP) is 3.30. The number of nitrogens with one attached hydrogen (secondary N) is 2. The Labute approximate surface area is 147 Å². The summed E-state index contributed by atoms with van der Waals surface area (Å²) >= 11 is 0. The Kier molecular flexibility index (Phi) is 5.66. The lowest BCUT2D eigenvalue weighted by Gasteiger charge is -2.11. The molecule has 0 aromatic carbocycles. The van der Waals surface area contributed by atoms with E-state index in [1.54, 1.807) is 44.6 Å². The molecule has 2 aromatic rings. The number of carbonyl (C=O) groups excluding carboxylic acids is 2. The maximum absolute atomic E-state index is 12.6. The average Bonchev–Trinajstić information content (AvgIpc) is 3.02. The minimum absolute atomic E-state index is 0.219. The zero-order valence-corrected chi connectivity index (χ0v) is 15.6. The Balaban J connectivity index is 2.24. The number of hydrogen-bond donors (Lipinski definition) is 2. The molecule has 136 valence electrons. The van der Waals surface area contributed by atoms with E-state index in [1.807, 2.05) is 0 Å². The molecule has 0 aliphatic carbocycles. The van der Waals surface area contributed by atoms with Crippen molar-refractivity contribution in [1.82, 2.24) is 14.8 Å². The van der Waals surface area contributed by atoms with Gasteiger partial charge in [0.15, 0.2) is 0 Å². The summed E-state index contributed by atoms with van der Waals surface area (Å²) in [5, 5.41) is 7.08. The van der Waals surface area contributed by atoms with Crippen molar-refractivity contribution < 1.29 is 14.3 Å². The number of aromatic amines is 1. The molecule has 0 spiro atoms. The van der Waals surface area contributed by atoms with Crippen LogP contribution in [0.3, 0.4) is 0 Å². The van der Waals surface area contributed by atoms with Crippen molar-refractivity contribution in [2.24, 2.45) is 5.92 Å². The molecule has 7 heteroatoms. The van der Waals surface area contributed by atoms with Crippen molar-refractivity contribution in [2.45, 2.75) is 54.2 Å². The van der Waals surface area contributed by atoms with E-state index in [0.29, 0.717) is 40.8 Å². The zero-order chi connectivity index (χ0) is 18.7. The van der Waals surface area contributed by atoms with Crippen molar-refractivity contribution in [3.63, 3.8) is 0 Å². The Bertz CT molecular complexity index is 771. The lowest BCUT2D eigenvalue weighted by Crippen LogP contribution is -2.18. The summed E-state index contributed by atoms with van der Waals surface area (Å²) < 4.78 is 7.01. The van der Waals surface area contributed by atoms with Gasteiger partial charge in [-0.05, 0) is 39.2 Å². The summed E-state index contributed by atoms with van der Waals surface area (Å²) in [6.45, 7) is 11.9. The van der Waals surface area contributed by atoms with Crippen LogP contribution in [-0.2, 0) is 11.3 Å². The Morgan fingerprint density at radius 3 is 2.56 bits per heavy atom. The summed E-state index contributed by atoms with van der Waals surface area (Å²) in [6.07, 6.45) is 1.43. The topological polar surface area (TPSA) is 89.0 Å². The molecule has 1 amide bonds. The van der Waals surface area contributed by atoms with Crippen molar-refractivity contribution in [3.8, 4) is 0 Å². The molecule has 0 radical (unpaired) electrons. The second-order valence-corrected chi connectivity index (χ2v) is 6.83. The van der Waals surface area contributed by atoms with Gasteiger partial charge in [0.2, 0.25) is 0 Å². The fraction of sp³-hybridized carbons (Fsp3) is 0.500. The van der Waals surface area contributed by atoms with E-state index in [9.17, 15) is 9.59 Å². The number of nitrogens with zero attached hydrogens (tertiary/aromatic N) is 2. The Hall–Kier alpha value is -2.57. The number of rotatable bonds is 6. The number of aromatic nitrogens is 3. The number of anilines is 1. The van der Waals surface area contributed by atoms with Gasteiger partial charge in [-0.2, -0.15) is 5.10 Å². The first-order chi connectivity index (χ1) is 11.7. The molecule has 2 rings (SSSR count). The highest BCUT2D eigenvalue weighted by atomic mass is 16.5. The van der Waals surface area contributed by atoms with Gasteiger partial charge in [0.05, 0.1) is 17.9 Å². The first-order valence-corrected chi connectivity index (χ1v) is 8.44. The van der Waals surface area contributed by atoms with Gasteiger partial charge in [-0.1, -0.05) is 13.8 Å². The van der Waals surface area contributed by atoms with E-state index in [4.69, 9.17) is 4.74 Å². The normalized spacial score (nSPS) is 11.2. The van der Waals surface area contributed by atoms with Gasteiger partial charge >= 0.3 is 5.97 Å². The van der Waals surface area contributed by atoms with Crippen LogP contribution in [0.15, 0.2) is 12.3 Å². The largest absolute Gasteiger partial charge is 0.459 e. The third-order valence-corrected chi connectivity index (χ3v) is 3.71. The van der Waals surface area contributed by atoms with Crippen LogP contribution in [0.2, 0.25) is 0 Å². The van der Waals surface area contributed by atoms with Gasteiger partial charge in [-0.25, -0.2) is 9.48 Å². The maximum atomic E-state index is 12.6. The number of ether oxygens (including phenoxy) is 1. The standard InChI is InChI=1S/C18H26N4O3/c1-10(2)9-22-14(7-8-19-22)21-17(23)16-12(5)15(13(6)20-16)18(24)25-11(3)4/h7-8,10-11,20H,9H2,1-6H3,(H,21,23). The Morgan fingerprint density at radius 1 is 1.28 bits per heavy atom. The van der Waals surface area contributed by atoms with Gasteiger partial charge in [0.1, 0.15) is 11.5 Å². The van der Waals surface area contributed by atoms with Crippen LogP contribution in [0.5, 0.6) is 0 Å². The molecule has 0 aliphatic heterocycles. The van der Waals surface area contributed by atoms with Gasteiger partial charge in [0, 0.05) is 18.3 Å². The molecule has 0 bridgehead atoms. The second kappa shape index (κ2) is 7.55. The van der Waals surface area contributed by atoms with Crippen molar-refractivity contribution in [3.05, 3.63) is 34.8 Å². The average molecular weight is 346 g/mol. The molecule has 7 nitrogen and oxygen atoms in total. The van der Waals surface area contributed by atoms with E-state index in [1.165, 1.54) is 0 Å². The van der Waals surface area contributed by atoms with Crippen LogP contribution >= 0.6 is 0 Å². The van der Waals surface area contributed by atoms with Crippen molar-refractivity contribution in [1.29, 1.82) is 0 Å². The van der Waals surface area contributed by atoms with Crippen LogP contribution in [0.4, 0.5) is 5.82 Å². The molecule has 0 saturated carbocycles. The van der Waals surface area contributed by atoms with E-state index < -0.39 is 5.97 Å². The summed E-state index contributed by atoms with van der Waals surface area (Å²) in [4.78, 5) is 27.9. The quantitative estimate of drug-likeness (QED) is 0.785. The number of esters is 1. The highest BCUT2D eigenvalue weighted by Crippen LogP contribution is 2.21. The number of amides is 1. The third kappa shape index (κ3) is 4.29. The molecule has 2 aromatic heterocycles. The van der Waals surface area contributed by atoms with Crippen LogP contribution in [0, 0.1) is 19.8 Å². The highest BCUT2D eigenvalue weighted by molar-refractivity contribution is 6.06. The molecule has 0 aliphatic rings. The highest BCUT2D eigenvalue weighted by Gasteiger charge is 2.24. The molecule has 2 heterocycles. The van der Waals surface area contributed by atoms with Crippen molar-refractivity contribution >= 4 is 17.7 Å².